The molecule has 0 N–H and O–H groups in total. The van der Waals surface area contributed by atoms with E-state index >= 15 is 0 Å². The van der Waals surface area contributed by atoms with Crippen molar-refractivity contribution in [1.82, 2.24) is 4.90 Å². The van der Waals surface area contributed by atoms with Crippen molar-refractivity contribution in [2.24, 2.45) is 0 Å². The van der Waals surface area contributed by atoms with Gasteiger partial charge in [0.1, 0.15) is 10.7 Å². The van der Waals surface area contributed by atoms with E-state index < -0.39 is 34.0 Å². The minimum Gasteiger partial charge on any atom is -0.363 e. The highest BCUT2D eigenvalue weighted by atomic mass is 35.5. The van der Waals surface area contributed by atoms with Gasteiger partial charge in [0.2, 0.25) is 0 Å². The molecule has 1 heterocycles. The van der Waals surface area contributed by atoms with Gasteiger partial charge in [0.15, 0.2) is 23.3 Å². The first kappa shape index (κ1) is 18.8. The van der Waals surface area contributed by atoms with E-state index in [0.717, 1.165) is 4.90 Å². The van der Waals surface area contributed by atoms with Gasteiger partial charge in [0.05, 0.1) is 10.6 Å². The van der Waals surface area contributed by atoms with Crippen molar-refractivity contribution in [3.63, 3.8) is 0 Å². The molecule has 0 aliphatic carbocycles. The van der Waals surface area contributed by atoms with Gasteiger partial charge < -0.3 is 9.80 Å². The Morgan fingerprint density at radius 1 is 0.846 bits per heavy atom. The van der Waals surface area contributed by atoms with E-state index in [1.807, 2.05) is 0 Å². The summed E-state index contributed by atoms with van der Waals surface area (Å²) in [6.45, 7) is 0.193. The van der Waals surface area contributed by atoms with Crippen LogP contribution in [0.2, 0.25) is 10.0 Å². The summed E-state index contributed by atoms with van der Waals surface area (Å²) in [4.78, 5) is 15.1. The molecule has 0 atom stereocenters. The van der Waals surface area contributed by atoms with Crippen LogP contribution in [0.5, 0.6) is 0 Å². The third-order valence-corrected chi connectivity index (χ3v) is 4.84. The molecule has 0 radical (unpaired) electrons. The molecule has 1 amide bonds. The van der Waals surface area contributed by atoms with Crippen LogP contribution in [0, 0.1) is 23.3 Å². The SMILES string of the molecule is O=C(c1ccccc1Cl)N1CCN(c2c(F)c(F)c(Cl)c(F)c2F)CC1. The fourth-order valence-corrected chi connectivity index (χ4v) is 3.19. The molecule has 0 bridgehead atoms. The van der Waals surface area contributed by atoms with Gasteiger partial charge in [-0.1, -0.05) is 35.3 Å². The first-order valence-corrected chi connectivity index (χ1v) is 8.38. The summed E-state index contributed by atoms with van der Waals surface area (Å²) in [5.41, 5.74) is -0.516. The second kappa shape index (κ2) is 7.32. The minimum absolute atomic E-state index is 0.00938. The van der Waals surface area contributed by atoms with Crippen LogP contribution >= 0.6 is 23.2 Å². The molecular weight excluding hydrogens is 395 g/mol. The predicted octanol–water partition coefficient (Wildman–Crippen LogP) is 4.51. The Bertz CT molecular complexity index is 841. The van der Waals surface area contributed by atoms with Crippen LogP contribution in [-0.2, 0) is 0 Å². The first-order valence-electron chi connectivity index (χ1n) is 7.63. The highest BCUT2D eigenvalue weighted by Crippen LogP contribution is 2.34. The number of piperazine rings is 1. The van der Waals surface area contributed by atoms with Crippen LogP contribution in [0.3, 0.4) is 0 Å². The molecule has 1 aliphatic rings. The highest BCUT2D eigenvalue weighted by Gasteiger charge is 2.31. The lowest BCUT2D eigenvalue weighted by Crippen LogP contribution is -2.49. The second-order valence-electron chi connectivity index (χ2n) is 5.68. The van der Waals surface area contributed by atoms with Crippen LogP contribution in [0.15, 0.2) is 24.3 Å². The van der Waals surface area contributed by atoms with Crippen molar-refractivity contribution < 1.29 is 22.4 Å². The number of hydrogen-bond acceptors (Lipinski definition) is 2. The molecule has 3 rings (SSSR count). The van der Waals surface area contributed by atoms with Crippen molar-refractivity contribution in [3.05, 3.63) is 63.1 Å². The fourth-order valence-electron chi connectivity index (χ4n) is 2.81. The number of hydrogen-bond donors (Lipinski definition) is 0. The zero-order valence-electron chi connectivity index (χ0n) is 13.2. The lowest BCUT2D eigenvalue weighted by atomic mass is 10.1. The largest absolute Gasteiger partial charge is 0.363 e. The number of anilines is 1. The summed E-state index contributed by atoms with van der Waals surface area (Å²) in [6.07, 6.45) is 0. The normalized spacial score (nSPS) is 14.7. The van der Waals surface area contributed by atoms with Crippen LogP contribution in [-0.4, -0.2) is 37.0 Å². The number of carbonyl (C=O) groups excluding carboxylic acids is 1. The van der Waals surface area contributed by atoms with Crippen LogP contribution in [0.4, 0.5) is 23.2 Å². The summed E-state index contributed by atoms with van der Waals surface area (Å²) in [7, 11) is 0. The summed E-state index contributed by atoms with van der Waals surface area (Å²) in [6, 6.07) is 6.50. The zero-order valence-corrected chi connectivity index (χ0v) is 14.7. The van der Waals surface area contributed by atoms with Crippen molar-refractivity contribution >= 4 is 34.8 Å². The average Bonchev–Trinajstić information content (AvgIpc) is 2.65. The third kappa shape index (κ3) is 3.21. The minimum atomic E-state index is -1.64. The van der Waals surface area contributed by atoms with Crippen LogP contribution in [0.1, 0.15) is 10.4 Å². The number of nitrogens with zero attached hydrogens (tertiary/aromatic N) is 2. The van der Waals surface area contributed by atoms with Gasteiger partial charge in [-0.3, -0.25) is 4.79 Å². The van der Waals surface area contributed by atoms with Crippen LogP contribution in [0.25, 0.3) is 0 Å². The van der Waals surface area contributed by atoms with Crippen molar-refractivity contribution in [3.8, 4) is 0 Å². The van der Waals surface area contributed by atoms with Crippen LogP contribution < -0.4 is 4.90 Å². The Kier molecular flexibility index (Phi) is 5.29. The fraction of sp³-hybridized carbons (Fsp3) is 0.235. The van der Waals surface area contributed by atoms with E-state index in [1.165, 1.54) is 4.90 Å². The zero-order chi connectivity index (χ0) is 19.0. The van der Waals surface area contributed by atoms with Crippen molar-refractivity contribution in [2.45, 2.75) is 0 Å². The van der Waals surface area contributed by atoms with Crippen molar-refractivity contribution in [2.75, 3.05) is 31.1 Å². The van der Waals surface area contributed by atoms with Gasteiger partial charge in [-0.2, -0.15) is 0 Å². The third-order valence-electron chi connectivity index (χ3n) is 4.17. The number of halogens is 6. The number of benzene rings is 2. The van der Waals surface area contributed by atoms with Gasteiger partial charge in [-0.05, 0) is 12.1 Å². The molecule has 1 aliphatic heterocycles. The van der Waals surface area contributed by atoms with Gasteiger partial charge in [-0.15, -0.1) is 0 Å². The Balaban J connectivity index is 1.80. The number of carbonyl (C=O) groups is 1. The Labute approximate surface area is 156 Å². The lowest BCUT2D eigenvalue weighted by Gasteiger charge is -2.36. The Hall–Kier alpha value is -1.99. The van der Waals surface area contributed by atoms with E-state index in [9.17, 15) is 22.4 Å². The maximum absolute atomic E-state index is 14.1. The molecule has 0 unspecified atom stereocenters. The molecule has 26 heavy (non-hydrogen) atoms. The van der Waals surface area contributed by atoms with E-state index in [-0.39, 0.29) is 32.1 Å². The maximum atomic E-state index is 14.1. The monoisotopic (exact) mass is 406 g/mol. The van der Waals surface area contributed by atoms with Crippen molar-refractivity contribution in [1.29, 1.82) is 0 Å². The maximum Gasteiger partial charge on any atom is 0.255 e. The smallest absolute Gasteiger partial charge is 0.255 e. The van der Waals surface area contributed by atoms with Gasteiger partial charge in [0, 0.05) is 26.2 Å². The molecule has 1 saturated heterocycles. The Morgan fingerprint density at radius 3 is 1.92 bits per heavy atom. The molecule has 138 valence electrons. The average molecular weight is 407 g/mol. The Morgan fingerprint density at radius 2 is 1.38 bits per heavy atom. The molecule has 0 saturated carbocycles. The summed E-state index contributed by atoms with van der Waals surface area (Å²) >= 11 is 11.2. The van der Waals surface area contributed by atoms with Gasteiger partial charge in [0.25, 0.3) is 5.91 Å². The van der Waals surface area contributed by atoms with E-state index in [2.05, 4.69) is 0 Å². The molecular formula is C17H12Cl2F4N2O. The van der Waals surface area contributed by atoms with Gasteiger partial charge >= 0.3 is 0 Å². The molecule has 1 fully saturated rings. The highest BCUT2D eigenvalue weighted by molar-refractivity contribution is 6.33. The summed E-state index contributed by atoms with van der Waals surface area (Å²) in [5.74, 6) is -6.73. The quantitative estimate of drug-likeness (QED) is 0.416. The van der Waals surface area contributed by atoms with E-state index in [4.69, 9.17) is 23.2 Å². The topological polar surface area (TPSA) is 23.6 Å². The van der Waals surface area contributed by atoms with Gasteiger partial charge in [-0.25, -0.2) is 17.6 Å². The lowest BCUT2D eigenvalue weighted by molar-refractivity contribution is 0.0746. The van der Waals surface area contributed by atoms with E-state index in [0.29, 0.717) is 10.6 Å². The summed E-state index contributed by atoms with van der Waals surface area (Å²) in [5, 5.41) is -0.935. The first-order chi connectivity index (χ1) is 12.3. The van der Waals surface area contributed by atoms with E-state index in [1.54, 1.807) is 24.3 Å². The molecule has 0 spiro atoms. The number of rotatable bonds is 2. The molecule has 0 aromatic heterocycles. The molecule has 2 aromatic carbocycles. The molecule has 9 heteroatoms. The standard InChI is InChI=1S/C17H12Cl2F4N2O/c18-10-4-2-1-3-9(10)17(26)25-7-5-24(6-8-25)16-14(22)12(20)11(19)13(21)15(16)23/h1-4H,5-8H2. The predicted molar refractivity (Wildman–Crippen MR) is 90.9 cm³/mol. The molecule has 2 aromatic rings. The molecule has 3 nitrogen and oxygen atoms in total. The summed E-state index contributed by atoms with van der Waals surface area (Å²) < 4.78 is 55.4. The second-order valence-corrected chi connectivity index (χ2v) is 6.46. The number of amides is 1.